The molecule has 1 N–H and O–H groups in total. The molecule has 1 rings (SSSR count). The number of unbranched alkanes of at least 4 members (excludes halogenated alkanes) is 1. The minimum absolute atomic E-state index is 0.131. The highest BCUT2D eigenvalue weighted by molar-refractivity contribution is 6.31. The summed E-state index contributed by atoms with van der Waals surface area (Å²) in [5.74, 6) is 2.15. The second-order valence-corrected chi connectivity index (χ2v) is 3.27. The molecule has 0 aliphatic rings. The van der Waals surface area contributed by atoms with Crippen LogP contribution in [0.1, 0.15) is 12.8 Å². The summed E-state index contributed by atoms with van der Waals surface area (Å²) in [6.45, 7) is 0.770. The van der Waals surface area contributed by atoms with Crippen LogP contribution in [0.15, 0.2) is 18.2 Å². The van der Waals surface area contributed by atoms with E-state index in [-0.39, 0.29) is 5.02 Å². The van der Waals surface area contributed by atoms with Crippen LogP contribution < -0.4 is 5.32 Å². The third-order valence-corrected chi connectivity index (χ3v) is 2.04. The van der Waals surface area contributed by atoms with Gasteiger partial charge in [0.25, 0.3) is 0 Å². The average Bonchev–Trinajstić information content (AvgIpc) is 2.18. The Morgan fingerprint density at radius 3 is 2.93 bits per heavy atom. The van der Waals surface area contributed by atoms with E-state index in [0.29, 0.717) is 0 Å². The van der Waals surface area contributed by atoms with Gasteiger partial charge < -0.3 is 5.32 Å². The molecule has 3 heteroatoms. The monoisotopic (exact) mass is 211 g/mol. The summed E-state index contributed by atoms with van der Waals surface area (Å²) < 4.78 is 12.8. The van der Waals surface area contributed by atoms with Gasteiger partial charge in [-0.15, -0.1) is 12.3 Å². The Morgan fingerprint density at radius 2 is 2.29 bits per heavy atom. The van der Waals surface area contributed by atoms with Gasteiger partial charge in [-0.05, 0) is 24.6 Å². The molecule has 14 heavy (non-hydrogen) atoms. The predicted octanol–water partition coefficient (Wildman–Crippen LogP) is 3.30. The maximum atomic E-state index is 12.8. The van der Waals surface area contributed by atoms with Gasteiger partial charge in [0.2, 0.25) is 0 Å². The minimum atomic E-state index is -0.402. The highest BCUT2D eigenvalue weighted by atomic mass is 35.5. The molecule has 0 aromatic heterocycles. The first kappa shape index (κ1) is 10.9. The van der Waals surface area contributed by atoms with Gasteiger partial charge in [-0.1, -0.05) is 11.6 Å². The Labute approximate surface area is 88.3 Å². The molecule has 0 aliphatic carbocycles. The van der Waals surface area contributed by atoms with E-state index in [1.165, 1.54) is 6.07 Å². The van der Waals surface area contributed by atoms with Crippen LogP contribution in [-0.2, 0) is 0 Å². The van der Waals surface area contributed by atoms with Crippen LogP contribution >= 0.6 is 11.6 Å². The summed E-state index contributed by atoms with van der Waals surface area (Å²) >= 11 is 5.61. The highest BCUT2D eigenvalue weighted by Gasteiger charge is 1.99. The number of hydrogen-bond acceptors (Lipinski definition) is 1. The van der Waals surface area contributed by atoms with E-state index < -0.39 is 5.82 Å². The van der Waals surface area contributed by atoms with Crippen molar-refractivity contribution >= 4 is 17.3 Å². The van der Waals surface area contributed by atoms with Crippen molar-refractivity contribution in [1.29, 1.82) is 0 Å². The van der Waals surface area contributed by atoms with Gasteiger partial charge in [0.05, 0.1) is 5.02 Å². The summed E-state index contributed by atoms with van der Waals surface area (Å²) in [7, 11) is 0. The Balaban J connectivity index is 2.44. The summed E-state index contributed by atoms with van der Waals surface area (Å²) in [6.07, 6.45) is 6.74. The van der Waals surface area contributed by atoms with Gasteiger partial charge >= 0.3 is 0 Å². The van der Waals surface area contributed by atoms with Crippen molar-refractivity contribution in [1.82, 2.24) is 0 Å². The second kappa shape index (κ2) is 5.51. The smallest absolute Gasteiger partial charge is 0.141 e. The van der Waals surface area contributed by atoms with Gasteiger partial charge in [0.15, 0.2) is 0 Å². The van der Waals surface area contributed by atoms with E-state index in [4.69, 9.17) is 18.0 Å². The summed E-state index contributed by atoms with van der Waals surface area (Å²) in [6, 6.07) is 4.55. The summed E-state index contributed by atoms with van der Waals surface area (Å²) in [5, 5.41) is 3.23. The Morgan fingerprint density at radius 1 is 1.50 bits per heavy atom. The molecule has 0 unspecified atom stereocenters. The first-order valence-corrected chi connectivity index (χ1v) is 4.74. The molecule has 0 amide bonds. The van der Waals surface area contributed by atoms with Crippen LogP contribution in [-0.4, -0.2) is 6.54 Å². The number of benzene rings is 1. The lowest BCUT2D eigenvalue weighted by atomic mass is 10.3. The van der Waals surface area contributed by atoms with Crippen molar-refractivity contribution in [2.24, 2.45) is 0 Å². The molecule has 0 radical (unpaired) electrons. The lowest BCUT2D eigenvalue weighted by Crippen LogP contribution is -2.00. The molecular weight excluding hydrogens is 201 g/mol. The highest BCUT2D eigenvalue weighted by Crippen LogP contribution is 2.19. The van der Waals surface area contributed by atoms with Crippen LogP contribution in [0.4, 0.5) is 10.1 Å². The quantitative estimate of drug-likeness (QED) is 0.595. The standard InChI is InChI=1S/C11H11ClFN/c1-2-3-4-7-14-9-5-6-11(13)10(12)8-9/h1,5-6,8,14H,3-4,7H2. The maximum Gasteiger partial charge on any atom is 0.141 e. The minimum Gasteiger partial charge on any atom is -0.385 e. The molecule has 0 saturated carbocycles. The van der Waals surface area contributed by atoms with Gasteiger partial charge in [-0.2, -0.15) is 0 Å². The molecule has 74 valence electrons. The molecule has 1 aromatic carbocycles. The van der Waals surface area contributed by atoms with Crippen molar-refractivity contribution in [2.45, 2.75) is 12.8 Å². The predicted molar refractivity (Wildman–Crippen MR) is 58.0 cm³/mol. The average molecular weight is 212 g/mol. The Hall–Kier alpha value is -1.20. The van der Waals surface area contributed by atoms with E-state index in [9.17, 15) is 4.39 Å². The molecule has 0 saturated heterocycles. The zero-order valence-corrected chi connectivity index (χ0v) is 8.44. The maximum absolute atomic E-state index is 12.8. The molecule has 0 bridgehead atoms. The Bertz CT molecular complexity index is 344. The lowest BCUT2D eigenvalue weighted by molar-refractivity contribution is 0.628. The number of rotatable bonds is 4. The third-order valence-electron chi connectivity index (χ3n) is 1.75. The van der Waals surface area contributed by atoms with Crippen LogP contribution in [0.5, 0.6) is 0 Å². The van der Waals surface area contributed by atoms with E-state index in [0.717, 1.165) is 25.1 Å². The van der Waals surface area contributed by atoms with Gasteiger partial charge in [0.1, 0.15) is 5.82 Å². The molecule has 0 spiro atoms. The van der Waals surface area contributed by atoms with Crippen molar-refractivity contribution in [3.8, 4) is 12.3 Å². The number of anilines is 1. The van der Waals surface area contributed by atoms with Crippen molar-refractivity contribution in [2.75, 3.05) is 11.9 Å². The third kappa shape index (κ3) is 3.27. The van der Waals surface area contributed by atoms with E-state index in [1.54, 1.807) is 12.1 Å². The summed E-state index contributed by atoms with van der Waals surface area (Å²) in [4.78, 5) is 0. The zero-order valence-electron chi connectivity index (χ0n) is 7.69. The fourth-order valence-electron chi connectivity index (χ4n) is 1.03. The van der Waals surface area contributed by atoms with Crippen LogP contribution in [0.3, 0.4) is 0 Å². The van der Waals surface area contributed by atoms with Crippen LogP contribution in [0.25, 0.3) is 0 Å². The molecular formula is C11H11ClFN. The fraction of sp³-hybridized carbons (Fsp3) is 0.273. The molecule has 1 aromatic rings. The molecule has 0 fully saturated rings. The lowest BCUT2D eigenvalue weighted by Gasteiger charge is -2.05. The number of halogens is 2. The fourth-order valence-corrected chi connectivity index (χ4v) is 1.21. The van der Waals surface area contributed by atoms with Crippen LogP contribution in [0.2, 0.25) is 5.02 Å². The van der Waals surface area contributed by atoms with E-state index in [1.807, 2.05) is 0 Å². The van der Waals surface area contributed by atoms with E-state index in [2.05, 4.69) is 11.2 Å². The number of hydrogen-bond donors (Lipinski definition) is 1. The van der Waals surface area contributed by atoms with Gasteiger partial charge in [-0.3, -0.25) is 0 Å². The van der Waals surface area contributed by atoms with Gasteiger partial charge in [0, 0.05) is 18.7 Å². The number of terminal acetylenes is 1. The largest absolute Gasteiger partial charge is 0.385 e. The summed E-state index contributed by atoms with van der Waals surface area (Å²) in [5.41, 5.74) is 0.813. The van der Waals surface area contributed by atoms with Crippen molar-refractivity contribution < 1.29 is 4.39 Å². The second-order valence-electron chi connectivity index (χ2n) is 2.86. The number of nitrogens with one attached hydrogen (secondary N) is 1. The molecule has 0 atom stereocenters. The SMILES string of the molecule is C#CCCCNc1ccc(F)c(Cl)c1. The molecule has 0 heterocycles. The topological polar surface area (TPSA) is 12.0 Å². The zero-order chi connectivity index (χ0) is 10.4. The first-order valence-electron chi connectivity index (χ1n) is 4.36. The van der Waals surface area contributed by atoms with Crippen LogP contribution in [0, 0.1) is 18.2 Å². The molecule has 1 nitrogen and oxygen atoms in total. The molecule has 0 aliphatic heterocycles. The van der Waals surface area contributed by atoms with E-state index >= 15 is 0 Å². The first-order chi connectivity index (χ1) is 6.74. The van der Waals surface area contributed by atoms with Crippen molar-refractivity contribution in [3.63, 3.8) is 0 Å². The van der Waals surface area contributed by atoms with Crippen molar-refractivity contribution in [3.05, 3.63) is 29.0 Å². The Kier molecular flexibility index (Phi) is 4.28. The normalized spacial score (nSPS) is 9.50. The van der Waals surface area contributed by atoms with Gasteiger partial charge in [-0.25, -0.2) is 4.39 Å².